The second kappa shape index (κ2) is 7.81. The zero-order chi connectivity index (χ0) is 19.8. The molecule has 4 heteroatoms. The third kappa shape index (κ3) is 4.45. The van der Waals surface area contributed by atoms with E-state index >= 15 is 0 Å². The van der Waals surface area contributed by atoms with Gasteiger partial charge in [0.25, 0.3) is 0 Å². The Hall–Kier alpha value is -1.36. The van der Waals surface area contributed by atoms with Gasteiger partial charge in [-0.15, -0.1) is 0 Å². The van der Waals surface area contributed by atoms with Crippen molar-refractivity contribution in [2.75, 3.05) is 13.1 Å². The molecule has 2 aliphatic rings. The molecule has 2 aromatic rings. The molecule has 1 heterocycles. The number of hydrogen-bond acceptors (Lipinski definition) is 3. The minimum absolute atomic E-state index is 0.653. The molecular weight excluding hydrogens is 414 g/mol. The summed E-state index contributed by atoms with van der Waals surface area (Å²) in [6.07, 6.45) is 6.69. The molecule has 0 radical (unpaired) electrons. The maximum Gasteiger partial charge on any atom is 0.141 e. The van der Waals surface area contributed by atoms with Gasteiger partial charge >= 0.3 is 0 Å². The number of hydrogen-bond donors (Lipinski definition) is 2. The fourth-order valence-corrected chi connectivity index (χ4v) is 5.25. The van der Waals surface area contributed by atoms with Gasteiger partial charge in [0.15, 0.2) is 0 Å². The van der Waals surface area contributed by atoms with E-state index in [2.05, 4.69) is 45.5 Å². The first kappa shape index (κ1) is 19.9. The summed E-state index contributed by atoms with van der Waals surface area (Å²) in [4.78, 5) is 0. The van der Waals surface area contributed by atoms with Gasteiger partial charge in [-0.1, -0.05) is 18.2 Å². The number of piperidine rings is 1. The second-order valence-corrected chi connectivity index (χ2v) is 10.0. The van der Waals surface area contributed by atoms with Gasteiger partial charge in [0.2, 0.25) is 0 Å². The summed E-state index contributed by atoms with van der Waals surface area (Å²) in [6, 6.07) is 14.2. The molecule has 150 valence electrons. The Morgan fingerprint density at radius 3 is 2.39 bits per heavy atom. The lowest BCUT2D eigenvalue weighted by atomic mass is 9.56. The summed E-state index contributed by atoms with van der Waals surface area (Å²) in [5, 5.41) is 13.6. The van der Waals surface area contributed by atoms with Crippen molar-refractivity contribution in [3.63, 3.8) is 0 Å². The monoisotopic (exact) mass is 443 g/mol. The van der Waals surface area contributed by atoms with E-state index in [-0.39, 0.29) is 0 Å². The van der Waals surface area contributed by atoms with Crippen LogP contribution in [0, 0.1) is 11.3 Å². The largest absolute Gasteiger partial charge is 0.456 e. The van der Waals surface area contributed by atoms with Crippen LogP contribution in [0.3, 0.4) is 0 Å². The molecule has 2 fully saturated rings. The standard InChI is InChI=1S/C24H30BrNO2/c1-23(2,27)19-5-8-22(21(25)14-19)28-20-6-3-17(4-7-20)13-18-15-24(16-18)9-11-26-12-10-24/h3-8,14,18,26-27H,9-13,15-16H2,1-2H3. The van der Waals surface area contributed by atoms with Crippen LogP contribution < -0.4 is 10.1 Å². The summed E-state index contributed by atoms with van der Waals surface area (Å²) in [7, 11) is 0. The van der Waals surface area contributed by atoms with Crippen molar-refractivity contribution < 1.29 is 9.84 Å². The van der Waals surface area contributed by atoms with Crippen LogP contribution in [0.4, 0.5) is 0 Å². The molecule has 0 bridgehead atoms. The lowest BCUT2D eigenvalue weighted by molar-refractivity contribution is 0.0221. The Balaban J connectivity index is 1.34. The van der Waals surface area contributed by atoms with Gasteiger partial charge in [0, 0.05) is 0 Å². The van der Waals surface area contributed by atoms with Crippen LogP contribution in [0.2, 0.25) is 0 Å². The average molecular weight is 444 g/mol. The van der Waals surface area contributed by atoms with Crippen molar-refractivity contribution in [2.45, 2.75) is 51.6 Å². The number of benzene rings is 2. The molecule has 0 unspecified atom stereocenters. The molecule has 1 saturated carbocycles. The van der Waals surface area contributed by atoms with Crippen LogP contribution in [0.5, 0.6) is 11.5 Å². The average Bonchev–Trinajstić information content (AvgIpc) is 2.63. The van der Waals surface area contributed by atoms with Gasteiger partial charge in [0.05, 0.1) is 10.1 Å². The molecular formula is C24H30BrNO2. The van der Waals surface area contributed by atoms with Crippen LogP contribution in [0.15, 0.2) is 46.9 Å². The number of rotatable bonds is 5. The predicted molar refractivity (Wildman–Crippen MR) is 117 cm³/mol. The Kier molecular flexibility index (Phi) is 5.56. The van der Waals surface area contributed by atoms with Gasteiger partial charge in [-0.2, -0.15) is 0 Å². The maximum atomic E-state index is 10.1. The minimum atomic E-state index is -0.864. The summed E-state index contributed by atoms with van der Waals surface area (Å²) in [5.41, 5.74) is 2.05. The van der Waals surface area contributed by atoms with Crippen LogP contribution in [0.1, 0.15) is 50.7 Å². The Morgan fingerprint density at radius 2 is 1.79 bits per heavy atom. The third-order valence-corrected chi connectivity index (χ3v) is 7.04. The lowest BCUT2D eigenvalue weighted by Crippen LogP contribution is -2.45. The summed E-state index contributed by atoms with van der Waals surface area (Å²) in [6.45, 7) is 5.96. The highest BCUT2D eigenvalue weighted by molar-refractivity contribution is 9.10. The molecule has 28 heavy (non-hydrogen) atoms. The summed E-state index contributed by atoms with van der Waals surface area (Å²) < 4.78 is 6.88. The molecule has 0 amide bonds. The minimum Gasteiger partial charge on any atom is -0.456 e. The zero-order valence-corrected chi connectivity index (χ0v) is 18.4. The Bertz CT molecular complexity index is 811. The third-order valence-electron chi connectivity index (χ3n) is 6.42. The molecule has 0 aromatic heterocycles. The highest BCUT2D eigenvalue weighted by atomic mass is 79.9. The van der Waals surface area contributed by atoms with E-state index in [1.165, 1.54) is 50.8 Å². The number of aliphatic hydroxyl groups is 1. The maximum absolute atomic E-state index is 10.1. The van der Waals surface area contributed by atoms with Crippen LogP contribution in [0.25, 0.3) is 0 Å². The Morgan fingerprint density at radius 1 is 1.11 bits per heavy atom. The fourth-order valence-electron chi connectivity index (χ4n) is 4.79. The Labute approximate surface area is 176 Å². The van der Waals surface area contributed by atoms with E-state index in [4.69, 9.17) is 4.74 Å². The van der Waals surface area contributed by atoms with E-state index in [1.807, 2.05) is 18.2 Å². The quantitative estimate of drug-likeness (QED) is 0.613. The first-order valence-electron chi connectivity index (χ1n) is 10.3. The van der Waals surface area contributed by atoms with Gasteiger partial charge in [0.1, 0.15) is 11.5 Å². The molecule has 1 spiro atoms. The molecule has 2 N–H and O–H groups in total. The lowest BCUT2D eigenvalue weighted by Gasteiger charge is -2.50. The summed E-state index contributed by atoms with van der Waals surface area (Å²) in [5.74, 6) is 2.44. The van der Waals surface area contributed by atoms with E-state index in [1.54, 1.807) is 13.8 Å². The van der Waals surface area contributed by atoms with Crippen molar-refractivity contribution >= 4 is 15.9 Å². The van der Waals surface area contributed by atoms with E-state index in [0.29, 0.717) is 5.41 Å². The molecule has 3 nitrogen and oxygen atoms in total. The van der Waals surface area contributed by atoms with Crippen molar-refractivity contribution in [3.8, 4) is 11.5 Å². The van der Waals surface area contributed by atoms with Crippen molar-refractivity contribution in [1.82, 2.24) is 5.32 Å². The first-order valence-corrected chi connectivity index (χ1v) is 11.1. The summed E-state index contributed by atoms with van der Waals surface area (Å²) >= 11 is 3.56. The number of halogens is 1. The van der Waals surface area contributed by atoms with Gasteiger partial charge in [-0.25, -0.2) is 0 Å². The topological polar surface area (TPSA) is 41.5 Å². The van der Waals surface area contributed by atoms with E-state index in [9.17, 15) is 5.11 Å². The number of nitrogens with one attached hydrogen (secondary N) is 1. The van der Waals surface area contributed by atoms with E-state index in [0.717, 1.165) is 27.5 Å². The van der Waals surface area contributed by atoms with Crippen LogP contribution in [-0.2, 0) is 12.0 Å². The predicted octanol–water partition coefficient (Wildman–Crippen LogP) is 5.79. The molecule has 1 saturated heterocycles. The highest BCUT2D eigenvalue weighted by Gasteiger charge is 2.43. The van der Waals surface area contributed by atoms with Crippen LogP contribution >= 0.6 is 15.9 Å². The van der Waals surface area contributed by atoms with Gasteiger partial charge in [-0.3, -0.25) is 0 Å². The normalized spacial score (nSPS) is 19.4. The SMILES string of the molecule is CC(C)(O)c1ccc(Oc2ccc(CC3CC4(CCNCC4)C3)cc2)c(Br)c1. The fraction of sp³-hybridized carbons (Fsp3) is 0.500. The van der Waals surface area contributed by atoms with Gasteiger partial charge < -0.3 is 15.2 Å². The van der Waals surface area contributed by atoms with Crippen molar-refractivity contribution in [2.24, 2.45) is 11.3 Å². The van der Waals surface area contributed by atoms with E-state index < -0.39 is 5.60 Å². The van der Waals surface area contributed by atoms with Crippen molar-refractivity contribution in [1.29, 1.82) is 0 Å². The van der Waals surface area contributed by atoms with Gasteiger partial charge in [-0.05, 0) is 122 Å². The number of ether oxygens (including phenoxy) is 1. The highest BCUT2D eigenvalue weighted by Crippen LogP contribution is 2.52. The molecule has 0 atom stereocenters. The molecule has 1 aliphatic heterocycles. The molecule has 4 rings (SSSR count). The second-order valence-electron chi connectivity index (χ2n) is 9.18. The molecule has 2 aromatic carbocycles. The molecule has 1 aliphatic carbocycles. The van der Waals surface area contributed by atoms with Crippen molar-refractivity contribution in [3.05, 3.63) is 58.1 Å². The zero-order valence-electron chi connectivity index (χ0n) is 16.8. The smallest absolute Gasteiger partial charge is 0.141 e. The first-order chi connectivity index (χ1) is 13.3. The van der Waals surface area contributed by atoms with Crippen LogP contribution in [-0.4, -0.2) is 18.2 Å².